The van der Waals surface area contributed by atoms with Crippen LogP contribution in [0.25, 0.3) is 0 Å². The second kappa shape index (κ2) is 6.09. The molecule has 2 atom stereocenters. The Labute approximate surface area is 122 Å². The molecule has 1 aliphatic heterocycles. The van der Waals surface area contributed by atoms with Crippen molar-refractivity contribution in [3.63, 3.8) is 0 Å². The number of nitrogens with two attached hydrogens (primary N) is 2. The van der Waals surface area contributed by atoms with Gasteiger partial charge in [0.25, 0.3) is 0 Å². The minimum absolute atomic E-state index is 0.0181. The highest BCUT2D eigenvalue weighted by molar-refractivity contribution is 5.95. The molecule has 1 saturated heterocycles. The molecule has 0 saturated carbocycles. The van der Waals surface area contributed by atoms with Crippen LogP contribution in [0.1, 0.15) is 13.3 Å². The number of hydrogen-bond donors (Lipinski definition) is 3. The van der Waals surface area contributed by atoms with Crippen molar-refractivity contribution in [2.75, 3.05) is 24.1 Å². The van der Waals surface area contributed by atoms with Gasteiger partial charge < -0.3 is 16.8 Å². The number of likely N-dealkylation sites (tertiary alicyclic amines) is 1. The molecule has 1 aromatic rings. The molecule has 1 fully saturated rings. The van der Waals surface area contributed by atoms with Gasteiger partial charge in [-0.05, 0) is 38.1 Å². The quantitative estimate of drug-likeness (QED) is 0.705. The molecule has 0 aliphatic carbocycles. The third-order valence-electron chi connectivity index (χ3n) is 3.81. The number of nitrogens with one attached hydrogen (secondary N) is 1. The molecule has 1 aromatic carbocycles. The molecule has 5 N–H and O–H groups in total. The van der Waals surface area contributed by atoms with Crippen LogP contribution in [0.3, 0.4) is 0 Å². The molecule has 7 heteroatoms. The molecule has 1 heterocycles. The highest BCUT2D eigenvalue weighted by atomic mass is 19.1. The van der Waals surface area contributed by atoms with E-state index in [1.165, 1.54) is 18.2 Å². The van der Waals surface area contributed by atoms with Crippen LogP contribution in [-0.4, -0.2) is 35.8 Å². The van der Waals surface area contributed by atoms with Crippen molar-refractivity contribution in [3.8, 4) is 0 Å². The van der Waals surface area contributed by atoms with Crippen molar-refractivity contribution in [1.82, 2.24) is 4.90 Å². The molecule has 2 rings (SSSR count). The highest BCUT2D eigenvalue weighted by Crippen LogP contribution is 2.20. The topological polar surface area (TPSA) is 101 Å². The van der Waals surface area contributed by atoms with Crippen molar-refractivity contribution in [2.24, 2.45) is 11.7 Å². The number of carbonyl (C=O) groups excluding carboxylic acids is 2. The summed E-state index contributed by atoms with van der Waals surface area (Å²) in [6.45, 7) is 2.88. The summed E-state index contributed by atoms with van der Waals surface area (Å²) in [6.07, 6.45) is 0.663. The lowest BCUT2D eigenvalue weighted by Gasteiger charge is -2.23. The number of primary amides is 1. The number of amides is 2. The number of carbonyl (C=O) groups is 2. The average Bonchev–Trinajstić information content (AvgIpc) is 2.92. The van der Waals surface area contributed by atoms with Crippen LogP contribution in [0, 0.1) is 11.7 Å². The van der Waals surface area contributed by atoms with Crippen molar-refractivity contribution < 1.29 is 14.0 Å². The Morgan fingerprint density at radius 2 is 2.19 bits per heavy atom. The number of anilines is 2. The lowest BCUT2D eigenvalue weighted by atomic mass is 10.1. The lowest BCUT2D eigenvalue weighted by molar-refractivity contribution is -0.123. The van der Waals surface area contributed by atoms with Gasteiger partial charge in [-0.1, -0.05) is 0 Å². The largest absolute Gasteiger partial charge is 0.396 e. The first kappa shape index (κ1) is 15.2. The van der Waals surface area contributed by atoms with Crippen molar-refractivity contribution >= 4 is 23.2 Å². The minimum atomic E-state index is -0.523. The number of nitrogen functional groups attached to an aromatic ring is 1. The summed E-state index contributed by atoms with van der Waals surface area (Å²) in [5.74, 6) is -1.30. The first-order valence-corrected chi connectivity index (χ1v) is 6.77. The summed E-state index contributed by atoms with van der Waals surface area (Å²) in [6, 6.07) is 3.62. The highest BCUT2D eigenvalue weighted by Gasteiger charge is 2.32. The Bertz CT molecular complexity index is 564. The van der Waals surface area contributed by atoms with Gasteiger partial charge in [0.15, 0.2) is 0 Å². The normalized spacial score (nSPS) is 20.2. The maximum atomic E-state index is 13.1. The van der Waals surface area contributed by atoms with E-state index in [1.807, 2.05) is 4.90 Å². The summed E-state index contributed by atoms with van der Waals surface area (Å²) in [7, 11) is 0. The van der Waals surface area contributed by atoms with Crippen LogP contribution in [0.5, 0.6) is 0 Å². The average molecular weight is 294 g/mol. The molecule has 6 nitrogen and oxygen atoms in total. The molecular weight excluding hydrogens is 275 g/mol. The Hall–Kier alpha value is -2.15. The molecule has 21 heavy (non-hydrogen) atoms. The van der Waals surface area contributed by atoms with E-state index in [-0.39, 0.29) is 23.4 Å². The van der Waals surface area contributed by atoms with Crippen LogP contribution >= 0.6 is 0 Å². The first-order valence-electron chi connectivity index (χ1n) is 6.77. The van der Waals surface area contributed by atoms with Gasteiger partial charge in [0, 0.05) is 12.2 Å². The fourth-order valence-electron chi connectivity index (χ4n) is 2.41. The standard InChI is InChI=1S/C14H19FN4O2/c1-8(19-5-4-9(7-19)13(17)20)14(21)18-10-2-3-11(15)12(16)6-10/h2-3,6,8-9H,4-5,7,16H2,1H3,(H2,17,20)(H,18,21). The van der Waals surface area contributed by atoms with E-state index < -0.39 is 11.9 Å². The Morgan fingerprint density at radius 3 is 2.76 bits per heavy atom. The first-order chi connectivity index (χ1) is 9.88. The zero-order valence-corrected chi connectivity index (χ0v) is 11.8. The third kappa shape index (κ3) is 3.49. The molecule has 2 unspecified atom stereocenters. The summed E-state index contributed by atoms with van der Waals surface area (Å²) in [5, 5.41) is 2.69. The molecule has 0 spiro atoms. The van der Waals surface area contributed by atoms with Gasteiger partial charge in [-0.15, -0.1) is 0 Å². The van der Waals surface area contributed by atoms with Gasteiger partial charge in [-0.25, -0.2) is 4.39 Å². The zero-order chi connectivity index (χ0) is 15.6. The van der Waals surface area contributed by atoms with Crippen LogP contribution < -0.4 is 16.8 Å². The number of rotatable bonds is 4. The van der Waals surface area contributed by atoms with Crippen LogP contribution in [0.4, 0.5) is 15.8 Å². The summed E-state index contributed by atoms with van der Waals surface area (Å²) >= 11 is 0. The van der Waals surface area contributed by atoms with E-state index >= 15 is 0 Å². The van der Waals surface area contributed by atoms with Crippen LogP contribution in [-0.2, 0) is 9.59 Å². The second-order valence-corrected chi connectivity index (χ2v) is 5.28. The predicted octanol–water partition coefficient (Wildman–Crippen LogP) is 0.542. The molecule has 114 valence electrons. The van der Waals surface area contributed by atoms with Crippen molar-refractivity contribution in [1.29, 1.82) is 0 Å². The van der Waals surface area contributed by atoms with Gasteiger partial charge in [0.05, 0.1) is 17.6 Å². The van der Waals surface area contributed by atoms with E-state index in [4.69, 9.17) is 11.5 Å². The number of hydrogen-bond acceptors (Lipinski definition) is 4. The maximum absolute atomic E-state index is 13.1. The summed E-state index contributed by atoms with van der Waals surface area (Å²) < 4.78 is 13.1. The van der Waals surface area contributed by atoms with Gasteiger partial charge in [-0.2, -0.15) is 0 Å². The SMILES string of the molecule is CC(C(=O)Nc1ccc(F)c(N)c1)N1CCC(C(N)=O)C1. The van der Waals surface area contributed by atoms with Gasteiger partial charge in [0.1, 0.15) is 5.82 Å². The minimum Gasteiger partial charge on any atom is -0.396 e. The van der Waals surface area contributed by atoms with E-state index in [1.54, 1.807) is 6.92 Å². The molecule has 1 aliphatic rings. The number of halogens is 1. The van der Waals surface area contributed by atoms with Crippen molar-refractivity contribution in [2.45, 2.75) is 19.4 Å². The molecule has 0 bridgehead atoms. The van der Waals surface area contributed by atoms with Gasteiger partial charge in [0.2, 0.25) is 11.8 Å². The maximum Gasteiger partial charge on any atom is 0.241 e. The summed E-state index contributed by atoms with van der Waals surface area (Å²) in [5.41, 5.74) is 11.2. The molecule has 0 aromatic heterocycles. The number of nitrogens with zero attached hydrogens (tertiary/aromatic N) is 1. The molecule has 2 amide bonds. The zero-order valence-electron chi connectivity index (χ0n) is 11.8. The smallest absolute Gasteiger partial charge is 0.241 e. The number of benzene rings is 1. The van der Waals surface area contributed by atoms with E-state index in [0.717, 1.165) is 0 Å². The van der Waals surface area contributed by atoms with E-state index in [2.05, 4.69) is 5.32 Å². The van der Waals surface area contributed by atoms with Crippen molar-refractivity contribution in [3.05, 3.63) is 24.0 Å². The Balaban J connectivity index is 1.97. The molecule has 0 radical (unpaired) electrons. The Morgan fingerprint density at radius 1 is 1.48 bits per heavy atom. The van der Waals surface area contributed by atoms with Crippen LogP contribution in [0.15, 0.2) is 18.2 Å². The second-order valence-electron chi connectivity index (χ2n) is 5.28. The lowest BCUT2D eigenvalue weighted by Crippen LogP contribution is -2.41. The van der Waals surface area contributed by atoms with Gasteiger partial charge >= 0.3 is 0 Å². The fourth-order valence-corrected chi connectivity index (χ4v) is 2.41. The fraction of sp³-hybridized carbons (Fsp3) is 0.429. The monoisotopic (exact) mass is 294 g/mol. The Kier molecular flexibility index (Phi) is 4.42. The van der Waals surface area contributed by atoms with E-state index in [0.29, 0.717) is 25.2 Å². The third-order valence-corrected chi connectivity index (χ3v) is 3.81. The summed E-state index contributed by atoms with van der Waals surface area (Å²) in [4.78, 5) is 25.2. The van der Waals surface area contributed by atoms with E-state index in [9.17, 15) is 14.0 Å². The van der Waals surface area contributed by atoms with Crippen LogP contribution in [0.2, 0.25) is 0 Å². The van der Waals surface area contributed by atoms with Gasteiger partial charge in [-0.3, -0.25) is 14.5 Å². The molecular formula is C14H19FN4O2. The predicted molar refractivity (Wildman–Crippen MR) is 77.8 cm³/mol.